The van der Waals surface area contributed by atoms with Gasteiger partial charge in [-0.15, -0.1) is 0 Å². The third-order valence-corrected chi connectivity index (χ3v) is 3.67. The summed E-state index contributed by atoms with van der Waals surface area (Å²) in [4.78, 5) is 28.8. The van der Waals surface area contributed by atoms with Crippen LogP contribution in [0.15, 0.2) is 29.3 Å². The summed E-state index contributed by atoms with van der Waals surface area (Å²) in [6.07, 6.45) is 2.30. The molecule has 4 nitrogen and oxygen atoms in total. The first-order valence-electron chi connectivity index (χ1n) is 7.02. The number of hydrogen-bond donors (Lipinski definition) is 1. The molecule has 1 N–H and O–H groups in total. The number of hydrogen-bond acceptors (Lipinski definition) is 3. The van der Waals surface area contributed by atoms with Gasteiger partial charge in [-0.05, 0) is 24.5 Å². The number of fused-ring (bicyclic) bond motifs is 1. The molecule has 0 saturated heterocycles. The normalized spacial score (nSPS) is 18.8. The third-order valence-electron chi connectivity index (χ3n) is 3.67. The van der Waals surface area contributed by atoms with E-state index in [2.05, 4.69) is 24.2 Å². The van der Waals surface area contributed by atoms with Gasteiger partial charge in [-0.1, -0.05) is 32.9 Å². The molecule has 0 spiro atoms. The lowest BCUT2D eigenvalue weighted by Gasteiger charge is -2.24. The number of nitrogens with zero attached hydrogens (tertiary/aromatic N) is 1. The first-order valence-corrected chi connectivity index (χ1v) is 7.02. The minimum atomic E-state index is -0.808. The van der Waals surface area contributed by atoms with Crippen molar-refractivity contribution in [3.63, 3.8) is 0 Å². The lowest BCUT2D eigenvalue weighted by molar-refractivity contribution is -0.122. The quantitative estimate of drug-likeness (QED) is 0.857. The number of amides is 1. The maximum atomic E-state index is 12.3. The van der Waals surface area contributed by atoms with E-state index in [0.29, 0.717) is 17.2 Å². The van der Waals surface area contributed by atoms with Crippen molar-refractivity contribution in [2.45, 2.75) is 33.2 Å². The largest absolute Gasteiger partial charge is 0.352 e. The Kier molecular flexibility index (Phi) is 4.32. The van der Waals surface area contributed by atoms with Gasteiger partial charge in [0.1, 0.15) is 5.92 Å². The third kappa shape index (κ3) is 2.79. The molecule has 1 aliphatic rings. The molecule has 0 radical (unpaired) electrons. The molecule has 0 aromatic heterocycles. The Balaban J connectivity index is 2.16. The van der Waals surface area contributed by atoms with Crippen molar-refractivity contribution in [2.24, 2.45) is 16.8 Å². The van der Waals surface area contributed by atoms with E-state index in [9.17, 15) is 9.59 Å². The van der Waals surface area contributed by atoms with Gasteiger partial charge in [-0.2, -0.15) is 0 Å². The molecule has 1 aromatic carbocycles. The van der Waals surface area contributed by atoms with Crippen LogP contribution in [0.3, 0.4) is 0 Å². The van der Waals surface area contributed by atoms with Crippen molar-refractivity contribution >= 4 is 23.6 Å². The highest BCUT2D eigenvalue weighted by Gasteiger charge is 2.31. The first-order chi connectivity index (χ1) is 9.54. The fourth-order valence-corrected chi connectivity index (χ4v) is 2.38. The summed E-state index contributed by atoms with van der Waals surface area (Å²) >= 11 is 0. The number of carbonyl (C=O) groups is 2. The van der Waals surface area contributed by atoms with E-state index in [1.807, 2.05) is 13.0 Å². The van der Waals surface area contributed by atoms with Crippen LogP contribution >= 0.6 is 0 Å². The summed E-state index contributed by atoms with van der Waals surface area (Å²) < 4.78 is 0. The van der Waals surface area contributed by atoms with E-state index in [0.717, 1.165) is 6.42 Å². The lowest BCUT2D eigenvalue weighted by Crippen LogP contribution is -2.44. The summed E-state index contributed by atoms with van der Waals surface area (Å²) in [6, 6.07) is 7.20. The highest BCUT2D eigenvalue weighted by atomic mass is 16.2. The molecule has 0 bridgehead atoms. The molecular formula is C16H20N2O2. The number of para-hydroxylation sites is 1. The predicted octanol–water partition coefficient (Wildman–Crippen LogP) is 2.75. The van der Waals surface area contributed by atoms with Crippen molar-refractivity contribution in [3.05, 3.63) is 29.8 Å². The second kappa shape index (κ2) is 5.99. The number of benzene rings is 1. The zero-order valence-electron chi connectivity index (χ0n) is 12.1. The fraction of sp³-hybridized carbons (Fsp3) is 0.438. The van der Waals surface area contributed by atoms with Gasteiger partial charge in [0.15, 0.2) is 5.78 Å². The average Bonchev–Trinajstić information content (AvgIpc) is 2.44. The molecule has 2 rings (SSSR count). The zero-order chi connectivity index (χ0) is 14.7. The fourth-order valence-electron chi connectivity index (χ4n) is 2.38. The average molecular weight is 272 g/mol. The van der Waals surface area contributed by atoms with Crippen molar-refractivity contribution in [3.8, 4) is 0 Å². The van der Waals surface area contributed by atoms with Crippen LogP contribution in [0.5, 0.6) is 0 Å². The second-order valence-corrected chi connectivity index (χ2v) is 5.40. The number of aliphatic imine (C=N–C) groups is 1. The number of ketones is 1. The maximum Gasteiger partial charge on any atom is 0.236 e. The van der Waals surface area contributed by atoms with Crippen LogP contribution < -0.4 is 5.32 Å². The molecule has 1 amide bonds. The van der Waals surface area contributed by atoms with Crippen LogP contribution in [0.4, 0.5) is 5.69 Å². The molecule has 106 valence electrons. The van der Waals surface area contributed by atoms with E-state index in [-0.39, 0.29) is 17.7 Å². The number of Topliss-reactive ketones (excluding diaryl/α,β-unsaturated/α-hetero) is 1. The molecular weight excluding hydrogens is 252 g/mol. The standard InChI is InChI=1S/C16H20N2O2/c1-4-13(10(2)3)18-16(20)12-9-17-14-8-6-5-7-11(14)15(12)19/h5-10,12-13H,4H2,1-3H3,(H,18,20). The number of carbonyl (C=O) groups excluding carboxylic acids is 2. The Labute approximate surface area is 119 Å². The predicted molar refractivity (Wildman–Crippen MR) is 79.5 cm³/mol. The van der Waals surface area contributed by atoms with E-state index in [1.165, 1.54) is 6.21 Å². The van der Waals surface area contributed by atoms with Crippen LogP contribution in [0, 0.1) is 11.8 Å². The molecule has 1 aromatic rings. The number of rotatable bonds is 4. The molecule has 0 saturated carbocycles. The summed E-state index contributed by atoms with van der Waals surface area (Å²) in [7, 11) is 0. The minimum absolute atomic E-state index is 0.0841. The molecule has 1 heterocycles. The monoisotopic (exact) mass is 272 g/mol. The Morgan fingerprint density at radius 3 is 2.70 bits per heavy atom. The van der Waals surface area contributed by atoms with Gasteiger partial charge in [-0.3, -0.25) is 14.6 Å². The van der Waals surface area contributed by atoms with Gasteiger partial charge >= 0.3 is 0 Å². The van der Waals surface area contributed by atoms with Crippen LogP contribution in [0.2, 0.25) is 0 Å². The Morgan fingerprint density at radius 2 is 2.05 bits per heavy atom. The van der Waals surface area contributed by atoms with Crippen LogP contribution in [0.25, 0.3) is 0 Å². The topological polar surface area (TPSA) is 58.5 Å². The Hall–Kier alpha value is -1.97. The first kappa shape index (κ1) is 14.4. The highest BCUT2D eigenvalue weighted by Crippen LogP contribution is 2.26. The smallest absolute Gasteiger partial charge is 0.236 e. The van der Waals surface area contributed by atoms with E-state index in [4.69, 9.17) is 0 Å². The lowest BCUT2D eigenvalue weighted by atomic mass is 9.93. The summed E-state index contributed by atoms with van der Waals surface area (Å²) in [5.74, 6) is -0.898. The summed E-state index contributed by atoms with van der Waals surface area (Å²) in [5, 5.41) is 2.95. The van der Waals surface area contributed by atoms with Crippen molar-refractivity contribution in [2.75, 3.05) is 0 Å². The van der Waals surface area contributed by atoms with Crippen LogP contribution in [0.1, 0.15) is 37.6 Å². The van der Waals surface area contributed by atoms with Crippen molar-refractivity contribution < 1.29 is 9.59 Å². The Morgan fingerprint density at radius 1 is 1.35 bits per heavy atom. The van der Waals surface area contributed by atoms with E-state index < -0.39 is 5.92 Å². The molecule has 20 heavy (non-hydrogen) atoms. The van der Waals surface area contributed by atoms with Crippen molar-refractivity contribution in [1.82, 2.24) is 5.32 Å². The van der Waals surface area contributed by atoms with Crippen molar-refractivity contribution in [1.29, 1.82) is 0 Å². The summed E-state index contributed by atoms with van der Waals surface area (Å²) in [6.45, 7) is 6.14. The SMILES string of the molecule is CCC(NC(=O)C1C=Nc2ccccc2C1=O)C(C)C. The molecule has 0 fully saturated rings. The van der Waals surface area contributed by atoms with Gasteiger partial charge in [0.25, 0.3) is 0 Å². The second-order valence-electron chi connectivity index (χ2n) is 5.40. The Bertz CT molecular complexity index is 549. The molecule has 1 aliphatic heterocycles. The van der Waals surface area contributed by atoms with Gasteiger partial charge in [0, 0.05) is 17.8 Å². The maximum absolute atomic E-state index is 12.3. The van der Waals surface area contributed by atoms with Gasteiger partial charge in [0.2, 0.25) is 5.91 Å². The zero-order valence-corrected chi connectivity index (χ0v) is 12.1. The number of nitrogens with one attached hydrogen (secondary N) is 1. The van der Waals surface area contributed by atoms with Gasteiger partial charge < -0.3 is 5.32 Å². The molecule has 2 atom stereocenters. The van der Waals surface area contributed by atoms with E-state index in [1.54, 1.807) is 18.2 Å². The van der Waals surface area contributed by atoms with Crippen LogP contribution in [-0.2, 0) is 4.79 Å². The minimum Gasteiger partial charge on any atom is -0.352 e. The van der Waals surface area contributed by atoms with Crippen LogP contribution in [-0.4, -0.2) is 23.9 Å². The molecule has 2 unspecified atom stereocenters. The summed E-state index contributed by atoms with van der Waals surface area (Å²) in [5.41, 5.74) is 1.16. The highest BCUT2D eigenvalue weighted by molar-refractivity contribution is 6.23. The molecule has 0 aliphatic carbocycles. The van der Waals surface area contributed by atoms with Gasteiger partial charge in [-0.25, -0.2) is 0 Å². The molecule has 4 heteroatoms. The van der Waals surface area contributed by atoms with E-state index >= 15 is 0 Å². The van der Waals surface area contributed by atoms with Gasteiger partial charge in [0.05, 0.1) is 5.69 Å².